The van der Waals surface area contributed by atoms with E-state index in [1.54, 1.807) is 29.5 Å². The standard InChI is InChI=1S/C28H27ClFN5O2S/c29-18-11-16(5-6-19(18)30)33-24-23-17-7-10-34(12-20(17)38-25(23)32-15-31-24)22(36)4-2-9-35-21-3-1-8-27(21)13-28(14-37-28)26(27)35/h2,4-6,11,15,21,26H,1,3,7-10,12-14H2,(H,31,32,33)/b4-2+. The van der Waals surface area contributed by atoms with Crippen LogP contribution in [0.5, 0.6) is 0 Å². The summed E-state index contributed by atoms with van der Waals surface area (Å²) >= 11 is 7.56. The number of carbonyl (C=O) groups excluding carboxylic acids is 1. The fourth-order valence-electron chi connectivity index (χ4n) is 7.86. The minimum atomic E-state index is -0.461. The molecule has 4 atom stereocenters. The number of piperidine rings is 1. The summed E-state index contributed by atoms with van der Waals surface area (Å²) in [5.41, 5.74) is 2.49. The zero-order chi connectivity index (χ0) is 25.6. The third-order valence-electron chi connectivity index (χ3n) is 9.41. The molecule has 10 heteroatoms. The summed E-state index contributed by atoms with van der Waals surface area (Å²) in [6, 6.07) is 5.75. The van der Waals surface area contributed by atoms with Crippen LogP contribution in [0.4, 0.5) is 15.9 Å². The molecule has 5 aliphatic rings. The summed E-state index contributed by atoms with van der Waals surface area (Å²) in [5, 5.41) is 4.29. The van der Waals surface area contributed by atoms with Gasteiger partial charge in [0.1, 0.15) is 28.4 Å². The first kappa shape index (κ1) is 23.3. The Bertz CT molecular complexity index is 1520. The first-order chi connectivity index (χ1) is 18.5. The summed E-state index contributed by atoms with van der Waals surface area (Å²) in [7, 11) is 0. The zero-order valence-corrected chi connectivity index (χ0v) is 22.3. The second kappa shape index (κ2) is 8.21. The number of likely N-dealkylation sites (tertiary alicyclic amines) is 1. The van der Waals surface area contributed by atoms with E-state index in [9.17, 15) is 9.18 Å². The molecule has 38 heavy (non-hydrogen) atoms. The number of nitrogens with one attached hydrogen (secondary N) is 1. The number of hydrogen-bond acceptors (Lipinski definition) is 7. The highest BCUT2D eigenvalue weighted by atomic mass is 35.5. The van der Waals surface area contributed by atoms with Gasteiger partial charge in [0, 0.05) is 47.2 Å². The normalized spacial score (nSPS) is 31.2. The molecular weight excluding hydrogens is 525 g/mol. The average molecular weight is 552 g/mol. The number of thiophene rings is 1. The van der Waals surface area contributed by atoms with Crippen LogP contribution in [-0.2, 0) is 22.5 Å². The highest BCUT2D eigenvalue weighted by molar-refractivity contribution is 7.19. The Balaban J connectivity index is 0.967. The maximum atomic E-state index is 13.6. The highest BCUT2D eigenvalue weighted by Crippen LogP contribution is 2.73. The highest BCUT2D eigenvalue weighted by Gasteiger charge is 2.81. The number of carbonyl (C=O) groups is 1. The SMILES string of the molecule is O=C(/C=C/CN1C2CCCC23CC2(CO2)C13)N1CCc2c(sc3ncnc(Nc4ccc(F)c(Cl)c4)c23)C1. The molecule has 2 saturated heterocycles. The zero-order valence-electron chi connectivity index (χ0n) is 20.8. The van der Waals surface area contributed by atoms with E-state index in [1.165, 1.54) is 43.6 Å². The predicted molar refractivity (Wildman–Crippen MR) is 144 cm³/mol. The lowest BCUT2D eigenvalue weighted by atomic mass is 9.48. The van der Waals surface area contributed by atoms with E-state index < -0.39 is 5.82 Å². The van der Waals surface area contributed by atoms with Crippen LogP contribution in [0.1, 0.15) is 36.1 Å². The van der Waals surface area contributed by atoms with Crippen LogP contribution in [0.2, 0.25) is 5.02 Å². The van der Waals surface area contributed by atoms with Crippen molar-refractivity contribution >= 4 is 50.6 Å². The maximum Gasteiger partial charge on any atom is 0.246 e. The fourth-order valence-corrected chi connectivity index (χ4v) is 9.24. The molecule has 3 aromatic rings. The molecule has 2 saturated carbocycles. The minimum absolute atomic E-state index is 0.0552. The number of benzene rings is 1. The first-order valence-electron chi connectivity index (χ1n) is 13.3. The van der Waals surface area contributed by atoms with Gasteiger partial charge in [-0.15, -0.1) is 11.3 Å². The van der Waals surface area contributed by atoms with Crippen LogP contribution in [0.25, 0.3) is 10.2 Å². The molecule has 4 unspecified atom stereocenters. The van der Waals surface area contributed by atoms with E-state index in [-0.39, 0.29) is 16.5 Å². The quantitative estimate of drug-likeness (QED) is 0.353. The van der Waals surface area contributed by atoms with Crippen LogP contribution in [-0.4, -0.2) is 63.1 Å². The fraction of sp³-hybridized carbons (Fsp3) is 0.464. The van der Waals surface area contributed by atoms with Gasteiger partial charge in [0.25, 0.3) is 0 Å². The lowest BCUT2D eigenvalue weighted by molar-refractivity contribution is -0.229. The number of hydrogen-bond donors (Lipinski definition) is 1. The molecule has 2 spiro atoms. The van der Waals surface area contributed by atoms with Crippen LogP contribution >= 0.6 is 22.9 Å². The molecule has 1 amide bonds. The number of epoxide rings is 1. The van der Waals surface area contributed by atoms with Crippen molar-refractivity contribution in [2.75, 3.05) is 25.0 Å². The van der Waals surface area contributed by atoms with Crippen LogP contribution in [0.3, 0.4) is 0 Å². The number of nitrogens with zero attached hydrogens (tertiary/aromatic N) is 4. The Morgan fingerprint density at radius 3 is 3.11 bits per heavy atom. The molecule has 0 radical (unpaired) electrons. The number of anilines is 2. The smallest absolute Gasteiger partial charge is 0.246 e. The van der Waals surface area contributed by atoms with Gasteiger partial charge in [0.2, 0.25) is 5.91 Å². The van der Waals surface area contributed by atoms with E-state index >= 15 is 0 Å². The number of aromatic nitrogens is 2. The van der Waals surface area contributed by atoms with Crippen molar-refractivity contribution in [2.24, 2.45) is 5.41 Å². The second-order valence-electron chi connectivity index (χ2n) is 11.3. The molecular formula is C28H27ClFN5O2S. The van der Waals surface area contributed by atoms with Crippen LogP contribution < -0.4 is 5.32 Å². The molecule has 4 fully saturated rings. The molecule has 2 aliphatic carbocycles. The largest absolute Gasteiger partial charge is 0.368 e. The molecule has 1 N–H and O–H groups in total. The minimum Gasteiger partial charge on any atom is -0.368 e. The summed E-state index contributed by atoms with van der Waals surface area (Å²) in [6.07, 6.45) is 11.3. The first-order valence-corrected chi connectivity index (χ1v) is 14.5. The summed E-state index contributed by atoms with van der Waals surface area (Å²) in [4.78, 5) is 28.6. The Kier molecular flexibility index (Phi) is 5.03. The molecule has 5 heterocycles. The van der Waals surface area contributed by atoms with Gasteiger partial charge in [0.15, 0.2) is 0 Å². The molecule has 8 rings (SSSR count). The molecule has 3 aliphatic heterocycles. The van der Waals surface area contributed by atoms with Crippen LogP contribution in [0, 0.1) is 11.2 Å². The van der Waals surface area contributed by atoms with Gasteiger partial charge in [-0.2, -0.15) is 0 Å². The van der Waals surface area contributed by atoms with Gasteiger partial charge in [-0.1, -0.05) is 24.1 Å². The lowest BCUT2D eigenvalue weighted by Crippen LogP contribution is -2.82. The Morgan fingerprint density at radius 1 is 1.37 bits per heavy atom. The van der Waals surface area contributed by atoms with E-state index in [2.05, 4.69) is 26.3 Å². The van der Waals surface area contributed by atoms with Gasteiger partial charge in [-0.05, 0) is 49.4 Å². The Hall–Kier alpha value is -2.59. The van der Waals surface area contributed by atoms with Gasteiger partial charge < -0.3 is 15.0 Å². The number of halogens is 2. The molecule has 0 bridgehead atoms. The van der Waals surface area contributed by atoms with Gasteiger partial charge in [0.05, 0.1) is 23.6 Å². The molecule has 7 nitrogen and oxygen atoms in total. The van der Waals surface area contributed by atoms with E-state index in [4.69, 9.17) is 16.3 Å². The van der Waals surface area contributed by atoms with Crippen molar-refractivity contribution in [2.45, 2.75) is 56.3 Å². The Morgan fingerprint density at radius 2 is 2.26 bits per heavy atom. The second-order valence-corrected chi connectivity index (χ2v) is 12.8. The van der Waals surface area contributed by atoms with Gasteiger partial charge in [-0.25, -0.2) is 14.4 Å². The third kappa shape index (κ3) is 3.28. The number of fused-ring (bicyclic) bond motifs is 4. The number of ether oxygens (including phenoxy) is 1. The third-order valence-corrected chi connectivity index (χ3v) is 10.8. The Labute approximate surface area is 228 Å². The summed E-state index contributed by atoms with van der Waals surface area (Å²) in [5.74, 6) is 0.265. The van der Waals surface area contributed by atoms with E-state index in [1.807, 2.05) is 4.90 Å². The van der Waals surface area contributed by atoms with Crippen molar-refractivity contribution in [3.63, 3.8) is 0 Å². The van der Waals surface area contributed by atoms with Gasteiger partial charge in [-0.3, -0.25) is 9.69 Å². The van der Waals surface area contributed by atoms with E-state index in [0.717, 1.165) is 34.7 Å². The molecule has 2 aromatic heterocycles. The topological polar surface area (TPSA) is 73.9 Å². The molecule has 196 valence electrons. The number of rotatable bonds is 5. The van der Waals surface area contributed by atoms with E-state index in [0.29, 0.717) is 42.1 Å². The van der Waals surface area contributed by atoms with Crippen LogP contribution in [0.15, 0.2) is 36.7 Å². The van der Waals surface area contributed by atoms with Crippen molar-refractivity contribution in [1.82, 2.24) is 19.8 Å². The number of amides is 1. The van der Waals surface area contributed by atoms with Crippen molar-refractivity contribution in [1.29, 1.82) is 0 Å². The monoisotopic (exact) mass is 551 g/mol. The lowest BCUT2D eigenvalue weighted by Gasteiger charge is -2.71. The summed E-state index contributed by atoms with van der Waals surface area (Å²) in [6.45, 7) is 2.95. The summed E-state index contributed by atoms with van der Waals surface area (Å²) < 4.78 is 19.5. The molecule has 1 aromatic carbocycles. The van der Waals surface area contributed by atoms with Crippen molar-refractivity contribution in [3.05, 3.63) is 58.0 Å². The van der Waals surface area contributed by atoms with Gasteiger partial charge >= 0.3 is 0 Å². The predicted octanol–water partition coefficient (Wildman–Crippen LogP) is 5.06. The van der Waals surface area contributed by atoms with Crippen molar-refractivity contribution < 1.29 is 13.9 Å². The average Bonchev–Trinajstić information content (AvgIpc) is 3.43. The maximum absolute atomic E-state index is 13.6. The van der Waals surface area contributed by atoms with Crippen molar-refractivity contribution in [3.8, 4) is 0 Å².